The molecule has 31 heavy (non-hydrogen) atoms. The van der Waals surface area contributed by atoms with Gasteiger partial charge in [0.05, 0.1) is 26.7 Å². The first kappa shape index (κ1) is 27.0. The van der Waals surface area contributed by atoms with Crippen molar-refractivity contribution in [2.24, 2.45) is 5.92 Å². The first-order valence-electron chi connectivity index (χ1n) is 11.6. The Morgan fingerprint density at radius 1 is 0.871 bits per heavy atom. The van der Waals surface area contributed by atoms with E-state index in [4.69, 9.17) is 14.6 Å². The number of hydrogen-bond donors (Lipinski definition) is 1. The van der Waals surface area contributed by atoms with Crippen molar-refractivity contribution in [1.29, 1.82) is 0 Å². The molecule has 1 rings (SSSR count). The van der Waals surface area contributed by atoms with Gasteiger partial charge in [-0.2, -0.15) is 0 Å². The van der Waals surface area contributed by atoms with Gasteiger partial charge in [-0.15, -0.1) is 0 Å². The quantitative estimate of drug-likeness (QED) is 0.262. The summed E-state index contributed by atoms with van der Waals surface area (Å²) in [6.07, 6.45) is 10.6. The molecule has 0 bridgehead atoms. The van der Waals surface area contributed by atoms with Crippen molar-refractivity contribution in [1.82, 2.24) is 0 Å². The summed E-state index contributed by atoms with van der Waals surface area (Å²) in [4.78, 5) is 23.4. The molecular weight excluding hydrogens is 396 g/mol. The van der Waals surface area contributed by atoms with Gasteiger partial charge in [-0.1, -0.05) is 56.7 Å². The molecule has 0 saturated heterocycles. The van der Waals surface area contributed by atoms with Crippen molar-refractivity contribution >= 4 is 11.9 Å². The molecule has 0 fully saturated rings. The summed E-state index contributed by atoms with van der Waals surface area (Å²) >= 11 is 0. The Kier molecular flexibility index (Phi) is 15.3. The van der Waals surface area contributed by atoms with Crippen LogP contribution in [0.3, 0.4) is 0 Å². The third kappa shape index (κ3) is 12.4. The van der Waals surface area contributed by atoms with Crippen LogP contribution in [0.5, 0.6) is 5.75 Å². The number of methoxy groups -OCH3 is 2. The number of ether oxygens (including phenoxy) is 3. The van der Waals surface area contributed by atoms with Gasteiger partial charge in [-0.25, -0.2) is 0 Å². The van der Waals surface area contributed by atoms with Gasteiger partial charge in [0.15, 0.2) is 0 Å². The van der Waals surface area contributed by atoms with E-state index in [0.29, 0.717) is 19.4 Å². The van der Waals surface area contributed by atoms with Crippen molar-refractivity contribution in [2.75, 3.05) is 27.4 Å². The lowest BCUT2D eigenvalue weighted by Gasteiger charge is -2.17. The zero-order chi connectivity index (χ0) is 22.7. The second kappa shape index (κ2) is 17.6. The van der Waals surface area contributed by atoms with Gasteiger partial charge >= 0.3 is 11.9 Å². The number of benzene rings is 1. The highest BCUT2D eigenvalue weighted by Gasteiger charge is 2.21. The van der Waals surface area contributed by atoms with Gasteiger partial charge in [0, 0.05) is 13.0 Å². The smallest absolute Gasteiger partial charge is 0.308 e. The van der Waals surface area contributed by atoms with Crippen LogP contribution in [0, 0.1) is 5.92 Å². The van der Waals surface area contributed by atoms with Crippen LogP contribution < -0.4 is 4.74 Å². The molecule has 0 heterocycles. The molecule has 0 radical (unpaired) electrons. The van der Waals surface area contributed by atoms with Crippen LogP contribution in [0.1, 0.15) is 76.2 Å². The highest BCUT2D eigenvalue weighted by Crippen LogP contribution is 2.25. The van der Waals surface area contributed by atoms with Gasteiger partial charge in [0.2, 0.25) is 0 Å². The molecule has 6 heteroatoms. The van der Waals surface area contributed by atoms with E-state index < -0.39 is 0 Å². The fraction of sp³-hybridized carbons (Fsp3) is 0.680. The van der Waals surface area contributed by atoms with E-state index >= 15 is 0 Å². The van der Waals surface area contributed by atoms with E-state index in [0.717, 1.165) is 75.5 Å². The highest BCUT2D eigenvalue weighted by molar-refractivity contribution is 5.72. The van der Waals surface area contributed by atoms with Crippen LogP contribution in [0.25, 0.3) is 0 Å². The maximum absolute atomic E-state index is 12.3. The largest absolute Gasteiger partial charge is 0.493 e. The number of para-hydroxylation sites is 1. The zero-order valence-electron chi connectivity index (χ0n) is 19.3. The molecule has 0 aliphatic heterocycles. The molecule has 0 aromatic heterocycles. The number of carbonyl (C=O) groups is 2. The minimum absolute atomic E-state index is 0.143. The number of aliphatic hydroxyl groups excluding tert-OH is 1. The molecular formula is C25H40O6. The van der Waals surface area contributed by atoms with E-state index in [1.807, 2.05) is 24.3 Å². The second-order valence-electron chi connectivity index (χ2n) is 7.90. The van der Waals surface area contributed by atoms with Crippen molar-refractivity contribution in [3.8, 4) is 5.75 Å². The topological polar surface area (TPSA) is 82.1 Å². The molecule has 1 N–H and O–H groups in total. The molecule has 1 unspecified atom stereocenters. The van der Waals surface area contributed by atoms with Gasteiger partial charge in [0.25, 0.3) is 0 Å². The molecule has 6 nitrogen and oxygen atoms in total. The molecule has 1 atom stereocenters. The number of hydrogen-bond acceptors (Lipinski definition) is 6. The minimum atomic E-state index is -0.182. The molecule has 1 aromatic rings. The maximum Gasteiger partial charge on any atom is 0.308 e. The van der Waals surface area contributed by atoms with E-state index in [2.05, 4.69) is 4.74 Å². The van der Waals surface area contributed by atoms with Gasteiger partial charge in [0.1, 0.15) is 5.75 Å². The van der Waals surface area contributed by atoms with Crippen molar-refractivity contribution in [3.05, 3.63) is 29.8 Å². The lowest BCUT2D eigenvalue weighted by atomic mass is 9.93. The molecule has 0 aliphatic carbocycles. The van der Waals surface area contributed by atoms with Crippen LogP contribution >= 0.6 is 0 Å². The molecule has 0 aliphatic rings. The highest BCUT2D eigenvalue weighted by atomic mass is 16.5. The number of aliphatic hydroxyl groups is 1. The van der Waals surface area contributed by atoms with Crippen LogP contribution in [0.15, 0.2) is 24.3 Å². The Balaban J connectivity index is 2.42. The number of esters is 2. The third-order valence-electron chi connectivity index (χ3n) is 5.44. The summed E-state index contributed by atoms with van der Waals surface area (Å²) in [5.74, 6) is 0.334. The standard InChI is InChI=1S/C25H40O6/c1-29-24(27)17-9-4-3-7-13-19-31-23-16-11-10-14-21(23)20-22(25(28)30-2)15-8-5-6-12-18-26/h10-11,14,16,22,26H,3-9,12-13,15,17-20H2,1-2H3. The summed E-state index contributed by atoms with van der Waals surface area (Å²) in [7, 11) is 2.86. The predicted molar refractivity (Wildman–Crippen MR) is 121 cm³/mol. The number of carbonyl (C=O) groups excluding carboxylic acids is 2. The Bertz CT molecular complexity index is 616. The molecule has 0 saturated carbocycles. The fourth-order valence-corrected chi connectivity index (χ4v) is 3.59. The molecule has 0 spiro atoms. The fourth-order valence-electron chi connectivity index (χ4n) is 3.59. The average molecular weight is 437 g/mol. The molecule has 0 amide bonds. The van der Waals surface area contributed by atoms with E-state index in [-0.39, 0.29) is 24.5 Å². The summed E-state index contributed by atoms with van der Waals surface area (Å²) in [5.41, 5.74) is 1.03. The van der Waals surface area contributed by atoms with E-state index in [1.165, 1.54) is 14.2 Å². The minimum Gasteiger partial charge on any atom is -0.493 e. The first-order valence-corrected chi connectivity index (χ1v) is 11.6. The molecule has 1 aromatic carbocycles. The maximum atomic E-state index is 12.3. The lowest BCUT2D eigenvalue weighted by Crippen LogP contribution is -2.19. The van der Waals surface area contributed by atoms with Crippen molar-refractivity contribution in [3.63, 3.8) is 0 Å². The van der Waals surface area contributed by atoms with Crippen LogP contribution in [0.4, 0.5) is 0 Å². The predicted octanol–water partition coefficient (Wildman–Crippen LogP) is 4.85. The summed E-state index contributed by atoms with van der Waals surface area (Å²) in [6, 6.07) is 7.90. The summed E-state index contributed by atoms with van der Waals surface area (Å²) < 4.78 is 15.7. The SMILES string of the molecule is COC(=O)CCCCCCCOc1ccccc1CC(CCCCCCO)C(=O)OC. The van der Waals surface area contributed by atoms with Crippen LogP contribution in [0.2, 0.25) is 0 Å². The third-order valence-corrected chi connectivity index (χ3v) is 5.44. The van der Waals surface area contributed by atoms with Crippen molar-refractivity contribution < 1.29 is 28.9 Å². The van der Waals surface area contributed by atoms with Gasteiger partial charge < -0.3 is 19.3 Å². The Hall–Kier alpha value is -2.08. The monoisotopic (exact) mass is 436 g/mol. The first-order chi connectivity index (χ1) is 15.1. The van der Waals surface area contributed by atoms with E-state index in [9.17, 15) is 9.59 Å². The molecule has 176 valence electrons. The van der Waals surface area contributed by atoms with Gasteiger partial charge in [-0.3, -0.25) is 9.59 Å². The van der Waals surface area contributed by atoms with Gasteiger partial charge in [-0.05, 0) is 43.7 Å². The normalized spacial score (nSPS) is 11.7. The average Bonchev–Trinajstić information content (AvgIpc) is 2.79. The van der Waals surface area contributed by atoms with Crippen molar-refractivity contribution in [2.45, 2.75) is 77.0 Å². The van der Waals surface area contributed by atoms with E-state index in [1.54, 1.807) is 0 Å². The lowest BCUT2D eigenvalue weighted by molar-refractivity contribution is -0.145. The van der Waals surface area contributed by atoms with Crippen LogP contribution in [-0.4, -0.2) is 44.5 Å². The Labute approximate surface area is 187 Å². The number of unbranched alkanes of at least 4 members (excludes halogenated alkanes) is 7. The zero-order valence-corrected chi connectivity index (χ0v) is 19.3. The second-order valence-corrected chi connectivity index (χ2v) is 7.90. The summed E-state index contributed by atoms with van der Waals surface area (Å²) in [5, 5.41) is 8.89. The number of rotatable bonds is 18. The Morgan fingerprint density at radius 2 is 1.55 bits per heavy atom. The summed E-state index contributed by atoms with van der Waals surface area (Å²) in [6.45, 7) is 0.858. The van der Waals surface area contributed by atoms with Crippen LogP contribution in [-0.2, 0) is 25.5 Å². The Morgan fingerprint density at radius 3 is 2.29 bits per heavy atom.